The number of hydrogen-bond donors (Lipinski definition) is 1. The van der Waals surface area contributed by atoms with Crippen LogP contribution >= 0.6 is 0 Å². The van der Waals surface area contributed by atoms with Gasteiger partial charge in [0.15, 0.2) is 6.10 Å². The number of hydrogen-bond acceptors (Lipinski definition) is 5. The summed E-state index contributed by atoms with van der Waals surface area (Å²) in [4.78, 5) is 24.1. The van der Waals surface area contributed by atoms with Gasteiger partial charge in [-0.3, -0.25) is 4.79 Å². The molecule has 23 heavy (non-hydrogen) atoms. The lowest BCUT2D eigenvalue weighted by Gasteiger charge is -2.27. The number of para-hydroxylation sites is 1. The number of amides is 1. The van der Waals surface area contributed by atoms with Gasteiger partial charge < -0.3 is 19.2 Å². The normalized spacial score (nSPS) is 17.5. The maximum atomic E-state index is 12.3. The maximum absolute atomic E-state index is 12.3. The molecule has 1 aliphatic rings. The first-order valence-electron chi connectivity index (χ1n) is 7.42. The summed E-state index contributed by atoms with van der Waals surface area (Å²) in [6.07, 6.45) is 1.13. The van der Waals surface area contributed by atoms with E-state index < -0.39 is 12.1 Å². The predicted octanol–water partition coefficient (Wildman–Crippen LogP) is 2.46. The molecular formula is C17H17NO5. The summed E-state index contributed by atoms with van der Waals surface area (Å²) in [5.41, 5.74) is 0.927. The molecule has 1 aliphatic heterocycles. The summed E-state index contributed by atoms with van der Waals surface area (Å²) >= 11 is 0. The molecule has 3 rings (SSSR count). The van der Waals surface area contributed by atoms with E-state index >= 15 is 0 Å². The third kappa shape index (κ3) is 3.36. The monoisotopic (exact) mass is 315 g/mol. The number of benzene rings is 1. The number of carbonyl (C=O) groups is 2. The average Bonchev–Trinajstić information content (AvgIpc) is 3.09. The van der Waals surface area contributed by atoms with Crippen LogP contribution in [0.3, 0.4) is 0 Å². The standard InChI is InChI=1S/C17H17NO5/c1-11(23-17(20)15-7-4-9-21-15)16(19)18-13-8-10-22-14-6-3-2-5-12(13)14/h2-7,9,11,13H,8,10H2,1H3,(H,18,19). The molecule has 6 nitrogen and oxygen atoms in total. The summed E-state index contributed by atoms with van der Waals surface area (Å²) in [5.74, 6) is -0.179. The van der Waals surface area contributed by atoms with Gasteiger partial charge in [-0.2, -0.15) is 0 Å². The number of carbonyl (C=O) groups excluding carboxylic acids is 2. The smallest absolute Gasteiger partial charge is 0.374 e. The largest absolute Gasteiger partial charge is 0.493 e. The van der Waals surface area contributed by atoms with Gasteiger partial charge in [0.1, 0.15) is 5.75 Å². The van der Waals surface area contributed by atoms with Crippen molar-refractivity contribution in [3.8, 4) is 5.75 Å². The number of ether oxygens (including phenoxy) is 2. The number of esters is 1. The van der Waals surface area contributed by atoms with Gasteiger partial charge in [-0.25, -0.2) is 4.79 Å². The van der Waals surface area contributed by atoms with E-state index in [1.165, 1.54) is 19.3 Å². The summed E-state index contributed by atoms with van der Waals surface area (Å²) in [5, 5.41) is 2.90. The molecule has 2 atom stereocenters. The van der Waals surface area contributed by atoms with Gasteiger partial charge in [-0.15, -0.1) is 0 Å². The predicted molar refractivity (Wildman–Crippen MR) is 81.0 cm³/mol. The van der Waals surface area contributed by atoms with Crippen LogP contribution in [0, 0.1) is 0 Å². The Bertz CT molecular complexity index is 695. The number of fused-ring (bicyclic) bond motifs is 1. The zero-order valence-corrected chi connectivity index (χ0v) is 12.7. The van der Waals surface area contributed by atoms with Gasteiger partial charge in [-0.1, -0.05) is 18.2 Å². The van der Waals surface area contributed by atoms with Gasteiger partial charge in [0.05, 0.1) is 18.9 Å². The van der Waals surface area contributed by atoms with Gasteiger partial charge in [0.25, 0.3) is 5.91 Å². The van der Waals surface area contributed by atoms with Crippen molar-refractivity contribution in [3.63, 3.8) is 0 Å². The number of furan rings is 1. The molecule has 6 heteroatoms. The fourth-order valence-electron chi connectivity index (χ4n) is 2.45. The minimum absolute atomic E-state index is 0.0704. The van der Waals surface area contributed by atoms with Crippen LogP contribution in [0.15, 0.2) is 47.1 Å². The average molecular weight is 315 g/mol. The quantitative estimate of drug-likeness (QED) is 0.877. The van der Waals surface area contributed by atoms with Crippen molar-refractivity contribution >= 4 is 11.9 Å². The summed E-state index contributed by atoms with van der Waals surface area (Å²) < 4.78 is 15.6. The minimum atomic E-state index is -0.914. The summed E-state index contributed by atoms with van der Waals surface area (Å²) in [6.45, 7) is 2.06. The highest BCUT2D eigenvalue weighted by Crippen LogP contribution is 2.31. The number of nitrogens with one attached hydrogen (secondary N) is 1. The van der Waals surface area contributed by atoms with Crippen LogP contribution in [0.5, 0.6) is 5.75 Å². The molecule has 1 N–H and O–H groups in total. The Kier molecular flexibility index (Phi) is 4.32. The molecular weight excluding hydrogens is 298 g/mol. The van der Waals surface area contributed by atoms with Crippen LogP contribution in [0.25, 0.3) is 0 Å². The minimum Gasteiger partial charge on any atom is -0.493 e. The SMILES string of the molecule is CC(OC(=O)c1ccco1)C(=O)NC1CCOc2ccccc21. The number of rotatable bonds is 4. The van der Waals surface area contributed by atoms with E-state index in [1.54, 1.807) is 6.07 Å². The van der Waals surface area contributed by atoms with Gasteiger partial charge >= 0.3 is 5.97 Å². The Morgan fingerprint density at radius 1 is 1.26 bits per heavy atom. The van der Waals surface area contributed by atoms with Gasteiger partial charge in [-0.05, 0) is 25.1 Å². The molecule has 0 fully saturated rings. The van der Waals surface area contributed by atoms with Crippen LogP contribution in [0.2, 0.25) is 0 Å². The van der Waals surface area contributed by atoms with Crippen LogP contribution in [0.4, 0.5) is 0 Å². The summed E-state index contributed by atoms with van der Waals surface area (Å²) in [7, 11) is 0. The van der Waals surface area contributed by atoms with Crippen molar-refractivity contribution in [1.29, 1.82) is 0 Å². The second-order valence-corrected chi connectivity index (χ2v) is 5.26. The van der Waals surface area contributed by atoms with E-state index in [1.807, 2.05) is 24.3 Å². The zero-order chi connectivity index (χ0) is 16.2. The molecule has 0 bridgehead atoms. The zero-order valence-electron chi connectivity index (χ0n) is 12.7. The fraction of sp³-hybridized carbons (Fsp3) is 0.294. The maximum Gasteiger partial charge on any atom is 0.374 e. The van der Waals surface area contributed by atoms with Crippen molar-refractivity contribution in [1.82, 2.24) is 5.32 Å². The Morgan fingerprint density at radius 2 is 2.09 bits per heavy atom. The molecule has 0 radical (unpaired) electrons. The van der Waals surface area contributed by atoms with Crippen LogP contribution in [0.1, 0.15) is 35.5 Å². The molecule has 2 aromatic rings. The first-order valence-corrected chi connectivity index (χ1v) is 7.42. The van der Waals surface area contributed by atoms with Crippen LogP contribution in [-0.2, 0) is 9.53 Å². The molecule has 0 spiro atoms. The van der Waals surface area contributed by atoms with E-state index in [2.05, 4.69) is 5.32 Å². The Morgan fingerprint density at radius 3 is 2.87 bits per heavy atom. The lowest BCUT2D eigenvalue weighted by Crippen LogP contribution is -2.39. The molecule has 0 saturated heterocycles. The Balaban J connectivity index is 1.62. The highest BCUT2D eigenvalue weighted by atomic mass is 16.6. The van der Waals surface area contributed by atoms with Crippen molar-refractivity contribution in [2.24, 2.45) is 0 Å². The topological polar surface area (TPSA) is 77.8 Å². The first-order chi connectivity index (χ1) is 11.1. The molecule has 1 aromatic heterocycles. The third-order valence-corrected chi connectivity index (χ3v) is 3.65. The molecule has 0 aliphatic carbocycles. The lowest BCUT2D eigenvalue weighted by molar-refractivity contribution is -0.130. The molecule has 1 amide bonds. The first kappa shape index (κ1) is 15.1. The lowest BCUT2D eigenvalue weighted by atomic mass is 10.0. The van der Waals surface area contributed by atoms with E-state index in [-0.39, 0.29) is 17.7 Å². The molecule has 2 heterocycles. The molecule has 2 unspecified atom stereocenters. The van der Waals surface area contributed by atoms with Crippen molar-refractivity contribution in [3.05, 3.63) is 54.0 Å². The van der Waals surface area contributed by atoms with Crippen LogP contribution < -0.4 is 10.1 Å². The van der Waals surface area contributed by atoms with E-state index in [0.717, 1.165) is 11.3 Å². The third-order valence-electron chi connectivity index (χ3n) is 3.65. The van der Waals surface area contributed by atoms with E-state index in [9.17, 15) is 9.59 Å². The summed E-state index contributed by atoms with van der Waals surface area (Å²) in [6, 6.07) is 10.5. The van der Waals surface area contributed by atoms with Gasteiger partial charge in [0.2, 0.25) is 5.76 Å². The van der Waals surface area contributed by atoms with E-state index in [0.29, 0.717) is 13.0 Å². The highest BCUT2D eigenvalue weighted by molar-refractivity contribution is 5.90. The Hall–Kier alpha value is -2.76. The van der Waals surface area contributed by atoms with Crippen molar-refractivity contribution < 1.29 is 23.5 Å². The molecule has 120 valence electrons. The second-order valence-electron chi connectivity index (χ2n) is 5.26. The fourth-order valence-corrected chi connectivity index (χ4v) is 2.45. The van der Waals surface area contributed by atoms with Crippen molar-refractivity contribution in [2.45, 2.75) is 25.5 Å². The molecule has 0 saturated carbocycles. The van der Waals surface area contributed by atoms with E-state index in [4.69, 9.17) is 13.9 Å². The highest BCUT2D eigenvalue weighted by Gasteiger charge is 2.26. The van der Waals surface area contributed by atoms with Crippen molar-refractivity contribution in [2.75, 3.05) is 6.61 Å². The Labute approximate surface area is 133 Å². The van der Waals surface area contributed by atoms with Gasteiger partial charge in [0, 0.05) is 12.0 Å². The van der Waals surface area contributed by atoms with Crippen LogP contribution in [-0.4, -0.2) is 24.6 Å². The molecule has 1 aromatic carbocycles. The second kappa shape index (κ2) is 6.56.